The number of morpholine rings is 1. The van der Waals surface area contributed by atoms with Crippen molar-refractivity contribution < 1.29 is 14.8 Å². The summed E-state index contributed by atoms with van der Waals surface area (Å²) in [6.45, 7) is 6.66. The van der Waals surface area contributed by atoms with Crippen LogP contribution in [0.4, 0.5) is 11.5 Å². The molecule has 0 aromatic carbocycles. The molecule has 1 unspecified atom stereocenters. The third-order valence-corrected chi connectivity index (χ3v) is 3.27. The van der Waals surface area contributed by atoms with Gasteiger partial charge >= 0.3 is 0 Å². The Labute approximate surface area is 117 Å². The molecule has 1 saturated heterocycles. The average molecular weight is 281 g/mol. The normalized spacial score (nSPS) is 21.8. The lowest BCUT2D eigenvalue weighted by molar-refractivity contribution is -0.385. The number of pyridine rings is 1. The zero-order valence-corrected chi connectivity index (χ0v) is 11.9. The third-order valence-electron chi connectivity index (χ3n) is 3.27. The van der Waals surface area contributed by atoms with Crippen LogP contribution in [0.15, 0.2) is 12.3 Å². The Bertz CT molecular complexity index is 518. The zero-order chi connectivity index (χ0) is 14.9. The topological polar surface area (TPSA) is 88.7 Å². The maximum atomic E-state index is 10.8. The number of ether oxygens (including phenoxy) is 1. The Hall–Kier alpha value is -1.73. The predicted octanol–water partition coefficient (Wildman–Crippen LogP) is 1.27. The minimum atomic E-state index is -0.439. The van der Waals surface area contributed by atoms with Crippen LogP contribution in [0.2, 0.25) is 0 Å². The molecule has 1 aliphatic heterocycles. The van der Waals surface area contributed by atoms with Gasteiger partial charge in [-0.1, -0.05) is 0 Å². The van der Waals surface area contributed by atoms with E-state index in [1.54, 1.807) is 13.0 Å². The van der Waals surface area contributed by atoms with E-state index in [0.717, 1.165) is 0 Å². The first-order chi connectivity index (χ1) is 9.32. The Kier molecular flexibility index (Phi) is 3.92. The van der Waals surface area contributed by atoms with Crippen molar-refractivity contribution in [3.63, 3.8) is 0 Å². The Balaban J connectivity index is 2.26. The monoisotopic (exact) mass is 281 g/mol. The second kappa shape index (κ2) is 5.34. The molecule has 7 nitrogen and oxygen atoms in total. The van der Waals surface area contributed by atoms with E-state index in [9.17, 15) is 15.2 Å². The van der Waals surface area contributed by atoms with Crippen molar-refractivity contribution in [3.8, 4) is 0 Å². The summed E-state index contributed by atoms with van der Waals surface area (Å²) < 4.78 is 5.74. The van der Waals surface area contributed by atoms with Crippen molar-refractivity contribution in [2.24, 2.45) is 0 Å². The molecule has 0 saturated carbocycles. The summed E-state index contributed by atoms with van der Waals surface area (Å²) >= 11 is 0. The van der Waals surface area contributed by atoms with Crippen LogP contribution in [0.5, 0.6) is 0 Å². The fourth-order valence-corrected chi connectivity index (χ4v) is 2.46. The van der Waals surface area contributed by atoms with E-state index in [1.165, 1.54) is 6.20 Å². The van der Waals surface area contributed by atoms with Crippen molar-refractivity contribution in [3.05, 3.63) is 27.9 Å². The van der Waals surface area contributed by atoms with Crippen LogP contribution in [0.3, 0.4) is 0 Å². The maximum Gasteiger partial charge on any atom is 0.290 e. The third kappa shape index (κ3) is 3.05. The quantitative estimate of drug-likeness (QED) is 0.663. The van der Waals surface area contributed by atoms with Gasteiger partial charge in [0.05, 0.1) is 23.2 Å². The first-order valence-electron chi connectivity index (χ1n) is 6.47. The van der Waals surface area contributed by atoms with Crippen molar-refractivity contribution in [2.45, 2.75) is 32.5 Å². The minimum absolute atomic E-state index is 0.0139. The standard InChI is InChI=1S/C13H19N3O4/c1-9-4-12(14-5-11(9)16(18)19)15-6-10(7-17)20-13(2,3)8-15/h4-5,10,17H,6-8H2,1-3H3. The average Bonchev–Trinajstić information content (AvgIpc) is 2.36. The van der Waals surface area contributed by atoms with Gasteiger partial charge in [0.1, 0.15) is 12.0 Å². The van der Waals surface area contributed by atoms with E-state index in [4.69, 9.17) is 4.74 Å². The van der Waals surface area contributed by atoms with Crippen molar-refractivity contribution >= 4 is 11.5 Å². The van der Waals surface area contributed by atoms with Gasteiger partial charge in [-0.3, -0.25) is 10.1 Å². The van der Waals surface area contributed by atoms with Crippen molar-refractivity contribution in [1.29, 1.82) is 0 Å². The van der Waals surface area contributed by atoms with Crippen LogP contribution >= 0.6 is 0 Å². The highest BCUT2D eigenvalue weighted by Gasteiger charge is 2.34. The molecule has 1 atom stereocenters. The molecule has 1 N–H and O–H groups in total. The fourth-order valence-electron chi connectivity index (χ4n) is 2.46. The first kappa shape index (κ1) is 14.7. The Morgan fingerprint density at radius 3 is 2.90 bits per heavy atom. The number of anilines is 1. The fraction of sp³-hybridized carbons (Fsp3) is 0.615. The molecule has 2 rings (SSSR count). The van der Waals surface area contributed by atoms with Crippen molar-refractivity contribution in [2.75, 3.05) is 24.6 Å². The maximum absolute atomic E-state index is 10.8. The molecular formula is C13H19N3O4. The number of rotatable bonds is 3. The van der Waals surface area contributed by atoms with Gasteiger partial charge in [0.25, 0.3) is 5.69 Å². The molecule has 110 valence electrons. The number of aliphatic hydroxyl groups is 1. The van der Waals surface area contributed by atoms with Crippen LogP contribution in [0.25, 0.3) is 0 Å². The number of aliphatic hydroxyl groups excluding tert-OH is 1. The van der Waals surface area contributed by atoms with Crippen LogP contribution < -0.4 is 4.90 Å². The lowest BCUT2D eigenvalue weighted by atomic mass is 10.1. The number of hydrogen-bond acceptors (Lipinski definition) is 6. The zero-order valence-electron chi connectivity index (χ0n) is 11.9. The number of nitrogens with zero attached hydrogens (tertiary/aromatic N) is 3. The molecule has 0 aliphatic carbocycles. The van der Waals surface area contributed by atoms with Gasteiger partial charge in [-0.15, -0.1) is 0 Å². The molecular weight excluding hydrogens is 262 g/mol. The highest BCUT2D eigenvalue weighted by Crippen LogP contribution is 2.27. The van der Waals surface area contributed by atoms with E-state index in [-0.39, 0.29) is 18.4 Å². The van der Waals surface area contributed by atoms with Crippen LogP contribution in [-0.4, -0.2) is 46.4 Å². The Morgan fingerprint density at radius 2 is 2.35 bits per heavy atom. The van der Waals surface area contributed by atoms with Gasteiger partial charge < -0.3 is 14.7 Å². The van der Waals surface area contributed by atoms with Gasteiger partial charge in [0, 0.05) is 18.7 Å². The molecule has 20 heavy (non-hydrogen) atoms. The number of hydrogen-bond donors (Lipinski definition) is 1. The summed E-state index contributed by atoms with van der Waals surface area (Å²) in [5.41, 5.74) is 0.188. The molecule has 0 bridgehead atoms. The summed E-state index contributed by atoms with van der Waals surface area (Å²) in [4.78, 5) is 16.5. The van der Waals surface area contributed by atoms with Gasteiger partial charge in [-0.25, -0.2) is 4.98 Å². The molecule has 1 aromatic heterocycles. The lowest BCUT2D eigenvalue weighted by Gasteiger charge is -2.42. The molecule has 1 fully saturated rings. The predicted molar refractivity (Wildman–Crippen MR) is 73.9 cm³/mol. The second-order valence-electron chi connectivity index (χ2n) is 5.65. The van der Waals surface area contributed by atoms with Gasteiger partial charge in [0.15, 0.2) is 0 Å². The van der Waals surface area contributed by atoms with Crippen LogP contribution in [0.1, 0.15) is 19.4 Å². The second-order valence-corrected chi connectivity index (χ2v) is 5.65. The summed E-state index contributed by atoms with van der Waals surface area (Å²) in [5.74, 6) is 0.669. The van der Waals surface area contributed by atoms with Crippen LogP contribution in [0, 0.1) is 17.0 Å². The van der Waals surface area contributed by atoms with E-state index in [0.29, 0.717) is 24.5 Å². The lowest BCUT2D eigenvalue weighted by Crippen LogP contribution is -2.54. The van der Waals surface area contributed by atoms with Gasteiger partial charge in [-0.2, -0.15) is 0 Å². The summed E-state index contributed by atoms with van der Waals surface area (Å²) in [6, 6.07) is 1.70. The highest BCUT2D eigenvalue weighted by atomic mass is 16.6. The molecule has 0 amide bonds. The minimum Gasteiger partial charge on any atom is -0.394 e. The number of aryl methyl sites for hydroxylation is 1. The summed E-state index contributed by atoms with van der Waals surface area (Å²) in [7, 11) is 0. The smallest absolute Gasteiger partial charge is 0.290 e. The molecule has 1 aliphatic rings. The van der Waals surface area contributed by atoms with Crippen LogP contribution in [-0.2, 0) is 4.74 Å². The molecule has 7 heteroatoms. The molecule has 0 spiro atoms. The van der Waals surface area contributed by atoms with Gasteiger partial charge in [-0.05, 0) is 26.8 Å². The largest absolute Gasteiger partial charge is 0.394 e. The summed E-state index contributed by atoms with van der Waals surface area (Å²) in [5, 5.41) is 20.1. The van der Waals surface area contributed by atoms with E-state index in [2.05, 4.69) is 4.98 Å². The highest BCUT2D eigenvalue weighted by molar-refractivity contribution is 5.49. The number of nitro groups is 1. The first-order valence-corrected chi connectivity index (χ1v) is 6.47. The van der Waals surface area contributed by atoms with E-state index >= 15 is 0 Å². The van der Waals surface area contributed by atoms with E-state index in [1.807, 2.05) is 18.7 Å². The van der Waals surface area contributed by atoms with Gasteiger partial charge in [0.2, 0.25) is 0 Å². The summed E-state index contributed by atoms with van der Waals surface area (Å²) in [6.07, 6.45) is 0.997. The molecule has 2 heterocycles. The Morgan fingerprint density at radius 1 is 1.65 bits per heavy atom. The van der Waals surface area contributed by atoms with E-state index < -0.39 is 10.5 Å². The van der Waals surface area contributed by atoms with Crippen molar-refractivity contribution in [1.82, 2.24) is 4.98 Å². The SMILES string of the molecule is Cc1cc(N2CC(CO)OC(C)(C)C2)ncc1[N+](=O)[O-]. The number of aromatic nitrogens is 1. The molecule has 1 aromatic rings. The molecule has 0 radical (unpaired) electrons.